The summed E-state index contributed by atoms with van der Waals surface area (Å²) in [4.78, 5) is 13.6. The maximum atomic E-state index is 9.07. The minimum absolute atomic E-state index is 0.143. The fraction of sp³-hybridized carbons (Fsp3) is 0.167. The number of aryl methyl sites for hydroxylation is 2. The van der Waals surface area contributed by atoms with Gasteiger partial charge in [0.15, 0.2) is 17.0 Å². The van der Waals surface area contributed by atoms with Gasteiger partial charge in [-0.1, -0.05) is 11.6 Å². The third-order valence-electron chi connectivity index (χ3n) is 4.00. The number of nitriles is 1. The van der Waals surface area contributed by atoms with E-state index < -0.39 is 0 Å². The number of nitrogens with one attached hydrogen (secondary N) is 1. The maximum Gasteiger partial charge on any atom is 0.231 e. The molecule has 27 heavy (non-hydrogen) atoms. The molecule has 0 bridgehead atoms. The number of hydrogen-bond acceptors (Lipinski definition) is 6. The fourth-order valence-electron chi connectivity index (χ4n) is 2.83. The average Bonchev–Trinajstić information content (AvgIpc) is 3.19. The van der Waals surface area contributed by atoms with Gasteiger partial charge in [-0.25, -0.2) is 9.67 Å². The number of benzene rings is 1. The highest BCUT2D eigenvalue weighted by Crippen LogP contribution is 2.23. The van der Waals surface area contributed by atoms with Gasteiger partial charge >= 0.3 is 0 Å². The first-order valence-electron chi connectivity index (χ1n) is 8.21. The molecule has 8 nitrogen and oxygen atoms in total. The van der Waals surface area contributed by atoms with E-state index in [1.54, 1.807) is 27.7 Å². The van der Waals surface area contributed by atoms with E-state index >= 15 is 0 Å². The Bertz CT molecular complexity index is 1170. The van der Waals surface area contributed by atoms with Crippen LogP contribution in [0.5, 0.6) is 0 Å². The lowest BCUT2D eigenvalue weighted by atomic mass is 10.3. The van der Waals surface area contributed by atoms with Crippen molar-refractivity contribution in [1.82, 2.24) is 29.3 Å². The second kappa shape index (κ2) is 6.70. The van der Waals surface area contributed by atoms with E-state index in [-0.39, 0.29) is 6.54 Å². The lowest BCUT2D eigenvalue weighted by Crippen LogP contribution is -2.08. The summed E-state index contributed by atoms with van der Waals surface area (Å²) in [6, 6.07) is 11.3. The Morgan fingerprint density at radius 1 is 1.19 bits per heavy atom. The molecule has 0 aliphatic carbocycles. The van der Waals surface area contributed by atoms with Crippen molar-refractivity contribution in [3.63, 3.8) is 0 Å². The highest BCUT2D eigenvalue weighted by Gasteiger charge is 2.17. The Balaban J connectivity index is 1.89. The molecular formula is C18H15ClN8. The van der Waals surface area contributed by atoms with Crippen molar-refractivity contribution in [2.45, 2.75) is 20.4 Å². The van der Waals surface area contributed by atoms with E-state index in [0.29, 0.717) is 28.0 Å². The van der Waals surface area contributed by atoms with E-state index in [0.717, 1.165) is 17.1 Å². The van der Waals surface area contributed by atoms with Crippen molar-refractivity contribution in [2.24, 2.45) is 0 Å². The zero-order chi connectivity index (χ0) is 19.0. The van der Waals surface area contributed by atoms with Gasteiger partial charge in [-0.2, -0.15) is 20.3 Å². The zero-order valence-corrected chi connectivity index (χ0v) is 15.4. The summed E-state index contributed by atoms with van der Waals surface area (Å²) >= 11 is 5.95. The Morgan fingerprint density at radius 3 is 2.63 bits per heavy atom. The third kappa shape index (κ3) is 3.20. The van der Waals surface area contributed by atoms with Crippen molar-refractivity contribution in [2.75, 3.05) is 5.32 Å². The molecule has 3 aromatic heterocycles. The molecule has 9 heteroatoms. The lowest BCUT2D eigenvalue weighted by Gasteiger charge is -2.10. The largest absolute Gasteiger partial charge is 0.324 e. The van der Waals surface area contributed by atoms with Crippen LogP contribution in [0.15, 0.2) is 36.7 Å². The summed E-state index contributed by atoms with van der Waals surface area (Å²) in [5, 5.41) is 17.4. The number of fused-ring (bicyclic) bond motifs is 1. The molecule has 0 radical (unpaired) electrons. The Kier molecular flexibility index (Phi) is 4.22. The summed E-state index contributed by atoms with van der Waals surface area (Å²) in [7, 11) is 0. The van der Waals surface area contributed by atoms with Gasteiger partial charge in [-0.05, 0) is 44.2 Å². The smallest absolute Gasteiger partial charge is 0.231 e. The van der Waals surface area contributed by atoms with Crippen LogP contribution in [0.25, 0.3) is 17.0 Å². The molecule has 0 atom stereocenters. The molecule has 1 N–H and O–H groups in total. The SMILES string of the molecule is Cc1cc(C)n(-c2nc(Nc3ccc(Cl)cc3)nc3c2ncn3CC#N)n1. The summed E-state index contributed by atoms with van der Waals surface area (Å²) in [5.74, 6) is 0.936. The van der Waals surface area contributed by atoms with Crippen LogP contribution in [-0.2, 0) is 6.54 Å². The minimum atomic E-state index is 0.143. The lowest BCUT2D eigenvalue weighted by molar-refractivity contribution is 0.807. The van der Waals surface area contributed by atoms with Crippen LogP contribution in [0.3, 0.4) is 0 Å². The van der Waals surface area contributed by atoms with Crippen molar-refractivity contribution >= 4 is 34.4 Å². The van der Waals surface area contributed by atoms with E-state index in [2.05, 4.69) is 31.4 Å². The molecule has 0 saturated heterocycles. The second-order valence-electron chi connectivity index (χ2n) is 6.04. The predicted molar refractivity (Wildman–Crippen MR) is 102 cm³/mol. The van der Waals surface area contributed by atoms with E-state index in [4.69, 9.17) is 16.9 Å². The van der Waals surface area contributed by atoms with Crippen molar-refractivity contribution in [1.29, 1.82) is 5.26 Å². The number of imidazole rings is 1. The molecule has 0 aliphatic heterocycles. The molecule has 0 unspecified atom stereocenters. The molecule has 4 rings (SSSR count). The van der Waals surface area contributed by atoms with E-state index in [1.807, 2.05) is 32.0 Å². The fourth-order valence-corrected chi connectivity index (χ4v) is 2.96. The molecule has 134 valence electrons. The topological polar surface area (TPSA) is 97.2 Å². The first-order valence-corrected chi connectivity index (χ1v) is 8.59. The number of hydrogen-bond donors (Lipinski definition) is 1. The van der Waals surface area contributed by atoms with E-state index in [1.165, 1.54) is 0 Å². The van der Waals surface area contributed by atoms with Gasteiger partial charge in [0, 0.05) is 16.4 Å². The van der Waals surface area contributed by atoms with Crippen LogP contribution in [0, 0.1) is 25.2 Å². The van der Waals surface area contributed by atoms with Crippen molar-refractivity contribution < 1.29 is 0 Å². The monoisotopic (exact) mass is 378 g/mol. The summed E-state index contributed by atoms with van der Waals surface area (Å²) in [6.07, 6.45) is 1.59. The summed E-state index contributed by atoms with van der Waals surface area (Å²) in [5.41, 5.74) is 3.75. The number of aromatic nitrogens is 6. The molecule has 0 amide bonds. The highest BCUT2D eigenvalue weighted by molar-refractivity contribution is 6.30. The average molecular weight is 379 g/mol. The Labute approximate surface area is 160 Å². The molecule has 1 aromatic carbocycles. The normalized spacial score (nSPS) is 10.9. The van der Waals surface area contributed by atoms with E-state index in [9.17, 15) is 0 Å². The van der Waals surface area contributed by atoms with Gasteiger partial charge in [-0.15, -0.1) is 0 Å². The first-order chi connectivity index (χ1) is 13.0. The van der Waals surface area contributed by atoms with Gasteiger partial charge in [0.05, 0.1) is 18.1 Å². The molecule has 0 saturated carbocycles. The third-order valence-corrected chi connectivity index (χ3v) is 4.25. The van der Waals surface area contributed by atoms with Crippen LogP contribution in [0.1, 0.15) is 11.4 Å². The number of anilines is 2. The zero-order valence-electron chi connectivity index (χ0n) is 14.7. The van der Waals surface area contributed by atoms with Gasteiger partial charge in [0.1, 0.15) is 6.54 Å². The number of nitrogens with zero attached hydrogens (tertiary/aromatic N) is 7. The molecule has 4 aromatic rings. The van der Waals surface area contributed by atoms with Crippen LogP contribution in [-0.4, -0.2) is 29.3 Å². The molecule has 0 spiro atoms. The first kappa shape index (κ1) is 17.0. The van der Waals surface area contributed by atoms with Gasteiger partial charge in [-0.3, -0.25) is 0 Å². The van der Waals surface area contributed by atoms with Gasteiger partial charge < -0.3 is 9.88 Å². The highest BCUT2D eigenvalue weighted by atomic mass is 35.5. The predicted octanol–water partition coefficient (Wildman–Crippen LogP) is 3.55. The number of rotatable bonds is 4. The van der Waals surface area contributed by atoms with Crippen LogP contribution in [0.4, 0.5) is 11.6 Å². The molecular weight excluding hydrogens is 364 g/mol. The Hall–Kier alpha value is -3.44. The Morgan fingerprint density at radius 2 is 1.96 bits per heavy atom. The van der Waals surface area contributed by atoms with Crippen LogP contribution >= 0.6 is 11.6 Å². The summed E-state index contributed by atoms with van der Waals surface area (Å²) in [6.45, 7) is 4.01. The summed E-state index contributed by atoms with van der Waals surface area (Å²) < 4.78 is 3.41. The molecule has 0 aliphatic rings. The van der Waals surface area contributed by atoms with Gasteiger partial charge in [0.2, 0.25) is 5.95 Å². The maximum absolute atomic E-state index is 9.07. The number of halogens is 1. The molecule has 0 fully saturated rings. The van der Waals surface area contributed by atoms with Crippen LogP contribution in [0.2, 0.25) is 5.02 Å². The quantitative estimate of drug-likeness (QED) is 0.583. The van der Waals surface area contributed by atoms with Gasteiger partial charge in [0.25, 0.3) is 0 Å². The van der Waals surface area contributed by atoms with Crippen molar-refractivity contribution in [3.8, 4) is 11.9 Å². The standard InChI is InChI=1S/C18H15ClN8/c1-11-9-12(2)27(25-11)17-15-16(26(8-7-20)10-21-15)23-18(24-17)22-14-5-3-13(19)4-6-14/h3-6,9-10H,8H2,1-2H3,(H,22,23,24). The van der Waals surface area contributed by atoms with Crippen LogP contribution < -0.4 is 5.32 Å². The second-order valence-corrected chi connectivity index (χ2v) is 6.48. The molecule has 3 heterocycles. The van der Waals surface area contributed by atoms with Crippen molar-refractivity contribution in [3.05, 3.63) is 53.1 Å². The minimum Gasteiger partial charge on any atom is -0.324 e.